The third-order valence-electron chi connectivity index (χ3n) is 4.12. The standard InChI is InChI=1S/C14H28N2/c1-4-11(2)15-9-12(3)16(14-7-8-14)10-13-5-6-13/h11-15H,4-10H2,1-3H3. The van der Waals surface area contributed by atoms with Gasteiger partial charge in [0.1, 0.15) is 0 Å². The fourth-order valence-electron chi connectivity index (χ4n) is 2.33. The van der Waals surface area contributed by atoms with E-state index in [1.165, 1.54) is 38.6 Å². The Bertz CT molecular complexity index is 209. The molecule has 2 saturated carbocycles. The molecule has 0 spiro atoms. The third kappa shape index (κ3) is 3.74. The first-order valence-corrected chi connectivity index (χ1v) is 7.19. The van der Waals surface area contributed by atoms with Crippen molar-refractivity contribution in [2.75, 3.05) is 13.1 Å². The van der Waals surface area contributed by atoms with Gasteiger partial charge in [-0.3, -0.25) is 4.90 Å². The Hall–Kier alpha value is -0.0800. The molecule has 2 unspecified atom stereocenters. The molecule has 0 aromatic rings. The average Bonchev–Trinajstić information content (AvgIpc) is 3.14. The smallest absolute Gasteiger partial charge is 0.0195 e. The lowest BCUT2D eigenvalue weighted by molar-refractivity contribution is 0.183. The number of hydrogen-bond donors (Lipinski definition) is 1. The molecule has 16 heavy (non-hydrogen) atoms. The predicted octanol–water partition coefficient (Wildman–Crippen LogP) is 2.64. The second-order valence-corrected chi connectivity index (χ2v) is 5.94. The summed E-state index contributed by atoms with van der Waals surface area (Å²) < 4.78 is 0. The van der Waals surface area contributed by atoms with Crippen LogP contribution in [0.4, 0.5) is 0 Å². The van der Waals surface area contributed by atoms with Crippen LogP contribution in [0.3, 0.4) is 0 Å². The molecule has 2 nitrogen and oxygen atoms in total. The molecule has 1 N–H and O–H groups in total. The summed E-state index contributed by atoms with van der Waals surface area (Å²) in [6, 6.07) is 2.32. The van der Waals surface area contributed by atoms with Crippen LogP contribution in [0.2, 0.25) is 0 Å². The lowest BCUT2D eigenvalue weighted by Gasteiger charge is -2.30. The van der Waals surface area contributed by atoms with Crippen molar-refractivity contribution < 1.29 is 0 Å². The highest BCUT2D eigenvalue weighted by molar-refractivity contribution is 4.91. The quantitative estimate of drug-likeness (QED) is 0.682. The van der Waals surface area contributed by atoms with Crippen molar-refractivity contribution in [1.82, 2.24) is 10.2 Å². The highest BCUT2D eigenvalue weighted by Gasteiger charge is 2.35. The van der Waals surface area contributed by atoms with E-state index >= 15 is 0 Å². The Morgan fingerprint density at radius 1 is 1.19 bits per heavy atom. The summed E-state index contributed by atoms with van der Waals surface area (Å²) in [6.07, 6.45) is 7.09. The van der Waals surface area contributed by atoms with Crippen molar-refractivity contribution in [2.45, 2.75) is 71.0 Å². The first-order chi connectivity index (χ1) is 7.70. The molecule has 0 bridgehead atoms. The number of nitrogens with one attached hydrogen (secondary N) is 1. The van der Waals surface area contributed by atoms with Crippen LogP contribution >= 0.6 is 0 Å². The van der Waals surface area contributed by atoms with Gasteiger partial charge >= 0.3 is 0 Å². The lowest BCUT2D eigenvalue weighted by atomic mass is 10.2. The first kappa shape index (κ1) is 12.4. The van der Waals surface area contributed by atoms with Crippen LogP contribution in [0.1, 0.15) is 52.9 Å². The minimum atomic E-state index is 0.671. The molecule has 0 aromatic carbocycles. The summed E-state index contributed by atoms with van der Waals surface area (Å²) in [5.41, 5.74) is 0. The van der Waals surface area contributed by atoms with Gasteiger partial charge in [0.2, 0.25) is 0 Å². The maximum Gasteiger partial charge on any atom is 0.0195 e. The molecule has 2 fully saturated rings. The summed E-state index contributed by atoms with van der Waals surface area (Å²) in [5, 5.41) is 3.65. The van der Waals surface area contributed by atoms with Gasteiger partial charge in [-0.25, -0.2) is 0 Å². The van der Waals surface area contributed by atoms with E-state index in [0.29, 0.717) is 6.04 Å². The Labute approximate surface area is 101 Å². The molecular formula is C14H28N2. The Balaban J connectivity index is 1.72. The van der Waals surface area contributed by atoms with Crippen molar-refractivity contribution in [2.24, 2.45) is 5.92 Å². The lowest BCUT2D eigenvalue weighted by Crippen LogP contribution is -2.44. The summed E-state index contributed by atoms with van der Waals surface area (Å²) >= 11 is 0. The second-order valence-electron chi connectivity index (χ2n) is 5.94. The van der Waals surface area contributed by atoms with E-state index in [1.807, 2.05) is 0 Å². The Morgan fingerprint density at radius 2 is 1.88 bits per heavy atom. The average molecular weight is 224 g/mol. The second kappa shape index (κ2) is 5.50. The van der Waals surface area contributed by atoms with E-state index < -0.39 is 0 Å². The van der Waals surface area contributed by atoms with Crippen LogP contribution in [-0.4, -0.2) is 36.1 Å². The zero-order chi connectivity index (χ0) is 11.5. The predicted molar refractivity (Wildman–Crippen MR) is 69.7 cm³/mol. The van der Waals surface area contributed by atoms with Gasteiger partial charge in [0.25, 0.3) is 0 Å². The molecule has 2 atom stereocenters. The molecule has 0 aromatic heterocycles. The van der Waals surface area contributed by atoms with Gasteiger partial charge in [0, 0.05) is 31.2 Å². The molecule has 2 heteroatoms. The van der Waals surface area contributed by atoms with E-state index in [4.69, 9.17) is 0 Å². The zero-order valence-corrected chi connectivity index (χ0v) is 11.2. The highest BCUT2D eigenvalue weighted by atomic mass is 15.2. The summed E-state index contributed by atoms with van der Waals surface area (Å²) in [5.74, 6) is 1.03. The van der Waals surface area contributed by atoms with Gasteiger partial charge in [-0.15, -0.1) is 0 Å². The van der Waals surface area contributed by atoms with Gasteiger partial charge in [-0.2, -0.15) is 0 Å². The van der Waals surface area contributed by atoms with Crippen LogP contribution in [0.5, 0.6) is 0 Å². The normalized spacial score (nSPS) is 24.8. The van der Waals surface area contributed by atoms with Gasteiger partial charge in [0.05, 0.1) is 0 Å². The highest BCUT2D eigenvalue weighted by Crippen LogP contribution is 2.35. The van der Waals surface area contributed by atoms with Gasteiger partial charge in [0.15, 0.2) is 0 Å². The van der Waals surface area contributed by atoms with Crippen LogP contribution in [0.25, 0.3) is 0 Å². The Kier molecular flexibility index (Phi) is 4.26. The maximum atomic E-state index is 3.65. The van der Waals surface area contributed by atoms with Crippen LogP contribution < -0.4 is 5.32 Å². The summed E-state index contributed by atoms with van der Waals surface area (Å²) in [6.45, 7) is 9.47. The van der Waals surface area contributed by atoms with E-state index in [-0.39, 0.29) is 0 Å². The number of hydrogen-bond acceptors (Lipinski definition) is 2. The molecule has 0 radical (unpaired) electrons. The van der Waals surface area contributed by atoms with Gasteiger partial charge in [-0.1, -0.05) is 6.92 Å². The molecule has 0 aliphatic heterocycles. The number of rotatable bonds is 8. The van der Waals surface area contributed by atoms with Crippen molar-refractivity contribution in [3.05, 3.63) is 0 Å². The monoisotopic (exact) mass is 224 g/mol. The minimum Gasteiger partial charge on any atom is -0.313 e. The van der Waals surface area contributed by atoms with Crippen molar-refractivity contribution >= 4 is 0 Å². The Morgan fingerprint density at radius 3 is 2.38 bits per heavy atom. The summed E-state index contributed by atoms with van der Waals surface area (Å²) in [7, 11) is 0. The van der Waals surface area contributed by atoms with E-state index in [0.717, 1.165) is 24.5 Å². The van der Waals surface area contributed by atoms with E-state index in [1.54, 1.807) is 0 Å². The fourth-order valence-corrected chi connectivity index (χ4v) is 2.33. The van der Waals surface area contributed by atoms with Crippen molar-refractivity contribution in [1.29, 1.82) is 0 Å². The maximum absolute atomic E-state index is 3.65. The largest absolute Gasteiger partial charge is 0.313 e. The molecule has 0 heterocycles. The van der Waals surface area contributed by atoms with Crippen molar-refractivity contribution in [3.63, 3.8) is 0 Å². The summed E-state index contributed by atoms with van der Waals surface area (Å²) in [4.78, 5) is 2.77. The molecule has 2 rings (SSSR count). The molecule has 2 aliphatic carbocycles. The zero-order valence-electron chi connectivity index (χ0n) is 11.2. The SMILES string of the molecule is CCC(C)NCC(C)N(CC1CC1)C1CC1. The molecule has 0 saturated heterocycles. The van der Waals surface area contributed by atoms with Crippen LogP contribution in [0, 0.1) is 5.92 Å². The van der Waals surface area contributed by atoms with Crippen molar-refractivity contribution in [3.8, 4) is 0 Å². The first-order valence-electron chi connectivity index (χ1n) is 7.19. The van der Waals surface area contributed by atoms with Crippen LogP contribution in [-0.2, 0) is 0 Å². The molecule has 94 valence electrons. The van der Waals surface area contributed by atoms with Gasteiger partial charge in [-0.05, 0) is 51.9 Å². The van der Waals surface area contributed by atoms with Gasteiger partial charge < -0.3 is 5.32 Å². The van der Waals surface area contributed by atoms with E-state index in [9.17, 15) is 0 Å². The number of nitrogens with zero attached hydrogens (tertiary/aromatic N) is 1. The fraction of sp³-hybridized carbons (Fsp3) is 1.00. The van der Waals surface area contributed by atoms with Crippen LogP contribution in [0.15, 0.2) is 0 Å². The molecular weight excluding hydrogens is 196 g/mol. The van der Waals surface area contributed by atoms with E-state index in [2.05, 4.69) is 31.0 Å². The topological polar surface area (TPSA) is 15.3 Å². The minimum absolute atomic E-state index is 0.671. The molecule has 0 amide bonds. The molecule has 2 aliphatic rings. The third-order valence-corrected chi connectivity index (χ3v) is 4.12.